The summed E-state index contributed by atoms with van der Waals surface area (Å²) in [6.07, 6.45) is 1.62. The molecule has 7 nitrogen and oxygen atoms in total. The van der Waals surface area contributed by atoms with E-state index in [9.17, 15) is 9.59 Å². The van der Waals surface area contributed by atoms with Gasteiger partial charge in [0.15, 0.2) is 0 Å². The minimum atomic E-state index is -0.202. The minimum Gasteiger partial charge on any atom is -0.476 e. The van der Waals surface area contributed by atoms with Crippen molar-refractivity contribution in [3.63, 3.8) is 0 Å². The van der Waals surface area contributed by atoms with E-state index in [1.165, 1.54) is 0 Å². The highest BCUT2D eigenvalue weighted by Gasteiger charge is 2.23. The second-order valence-corrected chi connectivity index (χ2v) is 4.71. The van der Waals surface area contributed by atoms with Gasteiger partial charge in [-0.15, -0.1) is 0 Å². The smallest absolute Gasteiger partial charge is 0.322 e. The van der Waals surface area contributed by atoms with Crippen molar-refractivity contribution < 1.29 is 14.3 Å². The van der Waals surface area contributed by atoms with Gasteiger partial charge >= 0.3 is 6.03 Å². The third kappa shape index (κ3) is 3.84. The van der Waals surface area contributed by atoms with E-state index in [-0.39, 0.29) is 11.9 Å². The number of carbonyl (C=O) groups excluding carboxylic acids is 2. The first-order valence-corrected chi connectivity index (χ1v) is 7.01. The van der Waals surface area contributed by atoms with Crippen LogP contribution in [-0.2, 0) is 4.79 Å². The van der Waals surface area contributed by atoms with Crippen molar-refractivity contribution in [3.8, 4) is 5.88 Å². The van der Waals surface area contributed by atoms with Gasteiger partial charge in [-0.05, 0) is 19.1 Å². The average Bonchev–Trinajstić information content (AvgIpc) is 2.49. The molecule has 1 aromatic rings. The van der Waals surface area contributed by atoms with E-state index in [1.807, 2.05) is 6.92 Å². The molecular weight excluding hydrogens is 272 g/mol. The SMILES string of the molecule is CCOc1ncccc1NC(=O)N1CCN(C(C)=O)CC1. The number of pyridine rings is 1. The number of anilines is 1. The molecule has 0 radical (unpaired) electrons. The number of piperazine rings is 1. The standard InChI is InChI=1S/C14H20N4O3/c1-3-21-13-12(5-4-6-15-13)16-14(20)18-9-7-17(8-10-18)11(2)19/h4-6H,3,7-10H2,1-2H3,(H,16,20). The summed E-state index contributed by atoms with van der Waals surface area (Å²) in [5.41, 5.74) is 0.554. The first kappa shape index (κ1) is 15.1. The van der Waals surface area contributed by atoms with Gasteiger partial charge in [0, 0.05) is 39.3 Å². The zero-order valence-electron chi connectivity index (χ0n) is 12.3. The maximum Gasteiger partial charge on any atom is 0.322 e. The molecule has 1 aliphatic heterocycles. The molecule has 2 rings (SSSR count). The molecule has 1 saturated heterocycles. The Morgan fingerprint density at radius 2 is 1.95 bits per heavy atom. The highest BCUT2D eigenvalue weighted by Crippen LogP contribution is 2.21. The van der Waals surface area contributed by atoms with Gasteiger partial charge in [-0.25, -0.2) is 9.78 Å². The van der Waals surface area contributed by atoms with Gasteiger partial charge in [-0.1, -0.05) is 0 Å². The molecule has 0 unspecified atom stereocenters. The number of rotatable bonds is 3. The Morgan fingerprint density at radius 1 is 1.29 bits per heavy atom. The zero-order chi connectivity index (χ0) is 15.2. The molecule has 1 N–H and O–H groups in total. The van der Waals surface area contributed by atoms with Crippen LogP contribution in [0.3, 0.4) is 0 Å². The van der Waals surface area contributed by atoms with Crippen molar-refractivity contribution in [1.29, 1.82) is 0 Å². The number of nitrogens with zero attached hydrogens (tertiary/aromatic N) is 3. The predicted octanol–water partition coefficient (Wildman–Crippen LogP) is 1.18. The number of carbonyl (C=O) groups is 2. The molecule has 1 fully saturated rings. The first-order chi connectivity index (χ1) is 10.1. The lowest BCUT2D eigenvalue weighted by Crippen LogP contribution is -2.51. The maximum atomic E-state index is 12.2. The molecule has 0 saturated carbocycles. The molecule has 7 heteroatoms. The first-order valence-electron chi connectivity index (χ1n) is 7.01. The van der Waals surface area contributed by atoms with Crippen molar-refractivity contribution >= 4 is 17.6 Å². The molecule has 0 aromatic carbocycles. The van der Waals surface area contributed by atoms with Crippen molar-refractivity contribution in [1.82, 2.24) is 14.8 Å². The average molecular weight is 292 g/mol. The van der Waals surface area contributed by atoms with Crippen LogP contribution in [0.2, 0.25) is 0 Å². The summed E-state index contributed by atoms with van der Waals surface area (Å²) in [6.45, 7) is 6.06. The number of amides is 3. The van der Waals surface area contributed by atoms with Crippen LogP contribution in [0.25, 0.3) is 0 Å². The summed E-state index contributed by atoms with van der Waals surface area (Å²) >= 11 is 0. The summed E-state index contributed by atoms with van der Waals surface area (Å²) in [5.74, 6) is 0.455. The van der Waals surface area contributed by atoms with Gasteiger partial charge in [-0.2, -0.15) is 0 Å². The normalized spacial score (nSPS) is 14.8. The van der Waals surface area contributed by atoms with E-state index >= 15 is 0 Å². The van der Waals surface area contributed by atoms with Gasteiger partial charge in [0.2, 0.25) is 11.8 Å². The summed E-state index contributed by atoms with van der Waals surface area (Å²) in [7, 11) is 0. The van der Waals surface area contributed by atoms with E-state index in [1.54, 1.807) is 35.1 Å². The van der Waals surface area contributed by atoms with Crippen molar-refractivity contribution in [3.05, 3.63) is 18.3 Å². The molecule has 1 aliphatic rings. The van der Waals surface area contributed by atoms with Crippen molar-refractivity contribution in [2.24, 2.45) is 0 Å². The Hall–Kier alpha value is -2.31. The Morgan fingerprint density at radius 3 is 2.57 bits per heavy atom. The Bertz CT molecular complexity index is 513. The quantitative estimate of drug-likeness (QED) is 0.907. The van der Waals surface area contributed by atoms with E-state index in [4.69, 9.17) is 4.74 Å². The molecule has 2 heterocycles. The number of nitrogens with one attached hydrogen (secondary N) is 1. The largest absolute Gasteiger partial charge is 0.476 e. The summed E-state index contributed by atoms with van der Waals surface area (Å²) in [5, 5.41) is 2.81. The Labute approximate surface area is 123 Å². The van der Waals surface area contributed by atoms with E-state index in [0.29, 0.717) is 44.4 Å². The highest BCUT2D eigenvalue weighted by atomic mass is 16.5. The van der Waals surface area contributed by atoms with Crippen LogP contribution in [0.1, 0.15) is 13.8 Å². The van der Waals surface area contributed by atoms with E-state index in [2.05, 4.69) is 10.3 Å². The van der Waals surface area contributed by atoms with Crippen LogP contribution in [0.4, 0.5) is 10.5 Å². The van der Waals surface area contributed by atoms with Crippen LogP contribution in [-0.4, -0.2) is 59.5 Å². The summed E-state index contributed by atoms with van der Waals surface area (Å²) in [4.78, 5) is 31.0. The minimum absolute atomic E-state index is 0.0425. The molecular formula is C14H20N4O3. The topological polar surface area (TPSA) is 74.8 Å². The third-order valence-electron chi connectivity index (χ3n) is 3.31. The van der Waals surface area contributed by atoms with E-state index in [0.717, 1.165) is 0 Å². The second kappa shape index (κ2) is 6.92. The lowest BCUT2D eigenvalue weighted by Gasteiger charge is -2.34. The third-order valence-corrected chi connectivity index (χ3v) is 3.31. The van der Waals surface area contributed by atoms with Crippen LogP contribution in [0, 0.1) is 0 Å². The van der Waals surface area contributed by atoms with Gasteiger partial charge in [0.05, 0.1) is 6.61 Å². The number of hydrogen-bond acceptors (Lipinski definition) is 4. The number of urea groups is 1. The van der Waals surface area contributed by atoms with Gasteiger partial charge < -0.3 is 19.9 Å². The van der Waals surface area contributed by atoms with E-state index < -0.39 is 0 Å². The van der Waals surface area contributed by atoms with Crippen LogP contribution in [0.5, 0.6) is 5.88 Å². The lowest BCUT2D eigenvalue weighted by molar-refractivity contribution is -0.130. The monoisotopic (exact) mass is 292 g/mol. The van der Waals surface area contributed by atoms with Crippen molar-refractivity contribution in [2.45, 2.75) is 13.8 Å². The molecule has 21 heavy (non-hydrogen) atoms. The maximum absolute atomic E-state index is 12.2. The summed E-state index contributed by atoms with van der Waals surface area (Å²) in [6, 6.07) is 3.29. The fourth-order valence-corrected chi connectivity index (χ4v) is 2.16. The van der Waals surface area contributed by atoms with Crippen LogP contribution >= 0.6 is 0 Å². The Balaban J connectivity index is 1.95. The lowest BCUT2D eigenvalue weighted by atomic mass is 10.3. The second-order valence-electron chi connectivity index (χ2n) is 4.71. The van der Waals surface area contributed by atoms with Gasteiger partial charge in [0.1, 0.15) is 5.69 Å². The molecule has 0 spiro atoms. The van der Waals surface area contributed by atoms with Crippen LogP contribution in [0.15, 0.2) is 18.3 Å². The molecule has 0 aliphatic carbocycles. The molecule has 114 valence electrons. The van der Waals surface area contributed by atoms with Gasteiger partial charge in [-0.3, -0.25) is 4.79 Å². The number of aromatic nitrogens is 1. The molecule has 0 atom stereocenters. The Kier molecular flexibility index (Phi) is 4.97. The molecule has 1 aromatic heterocycles. The number of hydrogen-bond donors (Lipinski definition) is 1. The van der Waals surface area contributed by atoms with Crippen LogP contribution < -0.4 is 10.1 Å². The van der Waals surface area contributed by atoms with Gasteiger partial charge in [0.25, 0.3) is 0 Å². The summed E-state index contributed by atoms with van der Waals surface area (Å²) < 4.78 is 5.38. The highest BCUT2D eigenvalue weighted by molar-refractivity contribution is 5.90. The fraction of sp³-hybridized carbons (Fsp3) is 0.500. The molecule has 3 amide bonds. The van der Waals surface area contributed by atoms with Crippen molar-refractivity contribution in [2.75, 3.05) is 38.1 Å². The fourth-order valence-electron chi connectivity index (χ4n) is 2.16. The molecule has 0 bridgehead atoms. The zero-order valence-corrected chi connectivity index (χ0v) is 12.3. The predicted molar refractivity (Wildman–Crippen MR) is 78.3 cm³/mol. The number of ether oxygens (including phenoxy) is 1.